The minimum atomic E-state index is -6.72. The van der Waals surface area contributed by atoms with E-state index in [1.54, 1.807) is 0 Å². The van der Waals surface area contributed by atoms with Crippen molar-refractivity contribution in [2.75, 3.05) is 0 Å². The molecule has 0 radical (unpaired) electrons. The van der Waals surface area contributed by atoms with E-state index in [2.05, 4.69) is 12.5 Å². The van der Waals surface area contributed by atoms with Gasteiger partial charge in [-0.05, 0) is 38.7 Å². The molecule has 0 aromatic rings. The Morgan fingerprint density at radius 3 is 0.271 bits per heavy atom. The SMILES string of the molecule is F.F.F.FC(F)(F)C(OS)(C(F)(F)F)C(F)(F)F.FC(F)(F)C(OS)(C(F)(F)F)C(F)(F)F.FC(F)(F)C(OS)(C(F)(F)F)C(F)(F)F. The van der Waals surface area contributed by atoms with Crippen LogP contribution in [0.25, 0.3) is 0 Å². The van der Waals surface area contributed by atoms with Crippen LogP contribution < -0.4 is 0 Å². The van der Waals surface area contributed by atoms with Crippen molar-refractivity contribution in [3.05, 3.63) is 0 Å². The minimum absolute atomic E-state index is 0. The van der Waals surface area contributed by atoms with Gasteiger partial charge in [0.15, 0.2) is 0 Å². The van der Waals surface area contributed by atoms with Crippen LogP contribution in [0.1, 0.15) is 0 Å². The van der Waals surface area contributed by atoms with Gasteiger partial charge in [-0.3, -0.25) is 26.7 Å². The molecule has 0 aromatic carbocycles. The van der Waals surface area contributed by atoms with E-state index in [1.807, 2.05) is 38.7 Å². The van der Waals surface area contributed by atoms with Crippen LogP contribution in [-0.4, -0.2) is 72.4 Å². The highest BCUT2D eigenvalue weighted by atomic mass is 32.1. The first-order valence-electron chi connectivity index (χ1n) is 8.51. The van der Waals surface area contributed by atoms with Crippen molar-refractivity contribution in [3.63, 3.8) is 0 Å². The number of alkyl halides is 27. The summed E-state index contributed by atoms with van der Waals surface area (Å²) in [6.07, 6.45) is -60.5. The quantitative estimate of drug-likeness (QED) is 0.150. The van der Waals surface area contributed by atoms with Crippen molar-refractivity contribution in [2.45, 2.75) is 72.4 Å². The van der Waals surface area contributed by atoms with E-state index in [0.717, 1.165) is 0 Å². The predicted octanol–water partition coefficient (Wildman–Crippen LogP) is 10.3. The highest BCUT2D eigenvalue weighted by molar-refractivity contribution is 7.75. The molecule has 0 aliphatic carbocycles. The lowest BCUT2D eigenvalue weighted by Crippen LogP contribution is -2.66. The van der Waals surface area contributed by atoms with Crippen LogP contribution in [0.2, 0.25) is 0 Å². The Kier molecular flexibility index (Phi) is 20.8. The van der Waals surface area contributed by atoms with Gasteiger partial charge in [-0.15, -0.1) is 0 Å². The van der Waals surface area contributed by atoms with E-state index >= 15 is 0 Å². The van der Waals surface area contributed by atoms with Crippen LogP contribution in [0.5, 0.6) is 0 Å². The average molecular weight is 864 g/mol. The van der Waals surface area contributed by atoms with Gasteiger partial charge in [0.1, 0.15) is 0 Å². The van der Waals surface area contributed by atoms with Gasteiger partial charge in [0.2, 0.25) is 0 Å². The summed E-state index contributed by atoms with van der Waals surface area (Å²) in [7, 11) is 0. The molecule has 0 bridgehead atoms. The average Bonchev–Trinajstić information content (AvgIpc) is 2.60. The normalized spacial score (nSPS) is 14.6. The molecule has 300 valence electrons. The van der Waals surface area contributed by atoms with Crippen molar-refractivity contribution in [1.82, 2.24) is 0 Å². The zero-order chi connectivity index (χ0) is 38.1. The second-order valence-electron chi connectivity index (χ2n) is 6.80. The van der Waals surface area contributed by atoms with Gasteiger partial charge in [-0.2, -0.15) is 119 Å². The zero-order valence-corrected chi connectivity index (χ0v) is 22.7. The lowest BCUT2D eigenvalue weighted by molar-refractivity contribution is -0.435. The number of rotatable bonds is 3. The molecule has 36 heteroatoms. The fourth-order valence-electron chi connectivity index (χ4n) is 1.91. The van der Waals surface area contributed by atoms with Crippen LogP contribution in [0.3, 0.4) is 0 Å². The summed E-state index contributed by atoms with van der Waals surface area (Å²) in [6, 6.07) is 0. The Balaban J connectivity index is -0.000000134. The second-order valence-corrected chi connectivity index (χ2v) is 7.34. The highest BCUT2D eigenvalue weighted by Gasteiger charge is 2.87. The van der Waals surface area contributed by atoms with E-state index in [0.29, 0.717) is 0 Å². The van der Waals surface area contributed by atoms with Crippen LogP contribution >= 0.6 is 38.7 Å². The van der Waals surface area contributed by atoms with E-state index < -0.39 is 72.4 Å². The fraction of sp³-hybridized carbons (Fsp3) is 1.00. The summed E-state index contributed by atoms with van der Waals surface area (Å²) in [6.45, 7) is 0. The molecule has 0 amide bonds. The second kappa shape index (κ2) is 16.9. The highest BCUT2D eigenvalue weighted by Crippen LogP contribution is 2.57. The van der Waals surface area contributed by atoms with Crippen LogP contribution in [0.4, 0.5) is 133 Å². The molecule has 0 fully saturated rings. The molecule has 0 rings (SSSR count). The van der Waals surface area contributed by atoms with Gasteiger partial charge in [-0.1, -0.05) is 0 Å². The molecular formula is C12H6F30O3S3. The van der Waals surface area contributed by atoms with Crippen molar-refractivity contribution in [1.29, 1.82) is 0 Å². The third kappa shape index (κ3) is 10.9. The van der Waals surface area contributed by atoms with E-state index in [1.165, 1.54) is 0 Å². The van der Waals surface area contributed by atoms with E-state index in [-0.39, 0.29) is 14.1 Å². The maximum absolute atomic E-state index is 11.8. The number of thiol groups is 3. The van der Waals surface area contributed by atoms with Gasteiger partial charge in [0.25, 0.3) is 0 Å². The number of halogens is 30. The molecule has 0 saturated carbocycles. The summed E-state index contributed by atoms with van der Waals surface area (Å²) in [4.78, 5) is 0. The van der Waals surface area contributed by atoms with Crippen molar-refractivity contribution >= 4 is 38.7 Å². The molecular weight excluding hydrogens is 858 g/mol. The first-order chi connectivity index (χ1) is 18.9. The molecule has 0 aliphatic heterocycles. The third-order valence-corrected chi connectivity index (χ3v) is 4.83. The monoisotopic (exact) mass is 864 g/mol. The standard InChI is InChI=1S/3C4HF9OS.3FH/c3*5-2(6,7)1(14-15,3(8,9)10)4(11,12)13;;;/h3*15H;3*1H. The topological polar surface area (TPSA) is 27.7 Å². The molecule has 0 saturated heterocycles. The Morgan fingerprint density at radius 2 is 0.271 bits per heavy atom. The maximum Gasteiger partial charge on any atom is 0.437 e. The van der Waals surface area contributed by atoms with Crippen molar-refractivity contribution < 1.29 is 145 Å². The summed E-state index contributed by atoms with van der Waals surface area (Å²) >= 11 is 6.07. The van der Waals surface area contributed by atoms with Gasteiger partial charge >= 0.3 is 72.4 Å². The first kappa shape index (κ1) is 59.0. The smallest absolute Gasteiger partial charge is 0.286 e. The van der Waals surface area contributed by atoms with Crippen LogP contribution in [0, 0.1) is 0 Å². The van der Waals surface area contributed by atoms with Gasteiger partial charge in [0, 0.05) is 0 Å². The van der Waals surface area contributed by atoms with Gasteiger partial charge < -0.3 is 0 Å². The van der Waals surface area contributed by atoms with Gasteiger partial charge in [0.05, 0.1) is 0 Å². The molecule has 0 unspecified atom stereocenters. The Hall–Kier alpha value is -1.17. The molecule has 0 aliphatic rings. The Bertz CT molecular complexity index is 684. The van der Waals surface area contributed by atoms with E-state index in [4.69, 9.17) is 0 Å². The van der Waals surface area contributed by atoms with Crippen molar-refractivity contribution in [2.24, 2.45) is 0 Å². The molecule has 0 atom stereocenters. The summed E-state index contributed by atoms with van der Waals surface area (Å²) < 4.78 is 324. The minimum Gasteiger partial charge on any atom is -0.286 e. The molecule has 0 spiro atoms. The Labute approximate surface area is 257 Å². The molecule has 3 nitrogen and oxygen atoms in total. The summed E-state index contributed by atoms with van der Waals surface area (Å²) in [5.41, 5.74) is -18.8. The largest absolute Gasteiger partial charge is 0.437 e. The lowest BCUT2D eigenvalue weighted by atomic mass is 10.0. The van der Waals surface area contributed by atoms with Gasteiger partial charge in [-0.25, -0.2) is 0 Å². The first-order valence-corrected chi connectivity index (χ1v) is 9.61. The fourth-order valence-corrected chi connectivity index (χ4v) is 2.84. The molecule has 0 aromatic heterocycles. The number of hydrogen-bond acceptors (Lipinski definition) is 6. The lowest BCUT2D eigenvalue weighted by Gasteiger charge is -2.35. The van der Waals surface area contributed by atoms with E-state index in [9.17, 15) is 119 Å². The molecule has 0 N–H and O–H groups in total. The molecule has 0 heterocycles. The summed E-state index contributed by atoms with van der Waals surface area (Å²) in [5.74, 6) is 0. The maximum atomic E-state index is 11.8. The predicted molar refractivity (Wildman–Crippen MR) is 100 cm³/mol. The molecule has 48 heavy (non-hydrogen) atoms. The van der Waals surface area contributed by atoms with Crippen molar-refractivity contribution in [3.8, 4) is 0 Å². The summed E-state index contributed by atoms with van der Waals surface area (Å²) in [5, 5.41) is 0. The Morgan fingerprint density at radius 1 is 0.208 bits per heavy atom. The van der Waals surface area contributed by atoms with Crippen LogP contribution in [-0.2, 0) is 12.5 Å². The third-order valence-electron chi connectivity index (χ3n) is 4.00. The van der Waals surface area contributed by atoms with Crippen LogP contribution in [0.15, 0.2) is 0 Å². The number of hydrogen-bond donors (Lipinski definition) is 3. The zero-order valence-electron chi connectivity index (χ0n) is 20.0.